The third-order valence-corrected chi connectivity index (χ3v) is 5.99. The predicted octanol–water partition coefficient (Wildman–Crippen LogP) is 3.47. The Bertz CT molecular complexity index is 1210. The molecule has 0 radical (unpaired) electrons. The highest BCUT2D eigenvalue weighted by Gasteiger charge is 2.46. The van der Waals surface area contributed by atoms with Crippen molar-refractivity contribution in [3.63, 3.8) is 0 Å². The van der Waals surface area contributed by atoms with Gasteiger partial charge < -0.3 is 14.9 Å². The van der Waals surface area contributed by atoms with E-state index in [1.165, 1.54) is 6.20 Å². The molecule has 4 rings (SSSR count). The number of ketones is 1. The number of aryl methyl sites for hydroxylation is 1. The maximum absolute atomic E-state index is 13.2. The fourth-order valence-corrected chi connectivity index (χ4v) is 4.13. The van der Waals surface area contributed by atoms with Crippen molar-refractivity contribution in [2.45, 2.75) is 19.9 Å². The molecule has 0 spiro atoms. The number of amides is 1. The third kappa shape index (κ3) is 4.19. The number of likely N-dealkylation sites (N-methyl/N-ethyl adjacent to an activating group) is 1. The normalized spacial score (nSPS) is 17.8. The van der Waals surface area contributed by atoms with E-state index in [-0.39, 0.29) is 11.3 Å². The second-order valence-corrected chi connectivity index (χ2v) is 8.60. The molecule has 1 amide bonds. The van der Waals surface area contributed by atoms with E-state index < -0.39 is 17.7 Å². The quantitative estimate of drug-likeness (QED) is 0.358. The van der Waals surface area contributed by atoms with Gasteiger partial charge in [0.2, 0.25) is 0 Å². The van der Waals surface area contributed by atoms with Crippen molar-refractivity contribution in [3.05, 3.63) is 88.8 Å². The number of benzene rings is 2. The van der Waals surface area contributed by atoms with Gasteiger partial charge in [0.25, 0.3) is 11.7 Å². The summed E-state index contributed by atoms with van der Waals surface area (Å²) in [6.07, 6.45) is 1.54. The van der Waals surface area contributed by atoms with Gasteiger partial charge in [-0.05, 0) is 45.6 Å². The van der Waals surface area contributed by atoms with Gasteiger partial charge in [0, 0.05) is 13.1 Å². The molecule has 1 atom stereocenters. The summed E-state index contributed by atoms with van der Waals surface area (Å²) < 4.78 is 1.71. The number of Topliss-reactive ketones (excluding diaryl/α,β-unsaturated/α-hetero) is 1. The summed E-state index contributed by atoms with van der Waals surface area (Å²) in [4.78, 5) is 29.7. The molecule has 7 heteroatoms. The van der Waals surface area contributed by atoms with Gasteiger partial charge in [-0.3, -0.25) is 9.59 Å². The molecule has 1 aliphatic rings. The first-order chi connectivity index (χ1) is 15.8. The standard InChI is InChI=1S/C26H28N4O3/c1-17-10-12-19(13-11-17)23-22(25(32)26(33)29(23)15-14-28(3)4)24(31)21-16-27-30(18(21)2)20-8-6-5-7-9-20/h5-13,16,23,31H,14-15H2,1-4H3/b24-22+/t23-/m1/s1. The average Bonchev–Trinajstić information content (AvgIpc) is 3.30. The van der Waals surface area contributed by atoms with Crippen molar-refractivity contribution in [2.24, 2.45) is 0 Å². The minimum atomic E-state index is -0.677. The summed E-state index contributed by atoms with van der Waals surface area (Å²) in [7, 11) is 3.83. The number of aromatic nitrogens is 2. The van der Waals surface area contributed by atoms with Crippen LogP contribution in [0.4, 0.5) is 0 Å². The summed E-state index contributed by atoms with van der Waals surface area (Å²) >= 11 is 0. The molecule has 33 heavy (non-hydrogen) atoms. The molecule has 2 aromatic carbocycles. The largest absolute Gasteiger partial charge is 0.507 e. The first-order valence-electron chi connectivity index (χ1n) is 10.9. The molecular weight excluding hydrogens is 416 g/mol. The highest BCUT2D eigenvalue weighted by Crippen LogP contribution is 2.39. The maximum Gasteiger partial charge on any atom is 0.295 e. The molecule has 0 unspecified atom stereocenters. The van der Waals surface area contributed by atoms with Crippen molar-refractivity contribution < 1.29 is 14.7 Å². The Balaban J connectivity index is 1.84. The lowest BCUT2D eigenvalue weighted by molar-refractivity contribution is -0.140. The maximum atomic E-state index is 13.2. The monoisotopic (exact) mass is 444 g/mol. The number of aliphatic hydroxyl groups excluding tert-OH is 1. The van der Waals surface area contributed by atoms with Gasteiger partial charge in [-0.15, -0.1) is 0 Å². The van der Waals surface area contributed by atoms with Gasteiger partial charge in [0.15, 0.2) is 0 Å². The summed E-state index contributed by atoms with van der Waals surface area (Å²) in [6.45, 7) is 4.78. The SMILES string of the molecule is Cc1ccc([C@@H]2/C(=C(\O)c3cnn(-c4ccccc4)c3C)C(=O)C(=O)N2CCN(C)C)cc1. The molecule has 2 heterocycles. The van der Waals surface area contributed by atoms with Crippen LogP contribution in [-0.2, 0) is 9.59 Å². The third-order valence-electron chi connectivity index (χ3n) is 5.99. The van der Waals surface area contributed by atoms with Gasteiger partial charge in [-0.1, -0.05) is 48.0 Å². The van der Waals surface area contributed by atoms with Crippen molar-refractivity contribution in [3.8, 4) is 5.69 Å². The van der Waals surface area contributed by atoms with Crippen LogP contribution in [0.25, 0.3) is 11.4 Å². The molecule has 7 nitrogen and oxygen atoms in total. The van der Waals surface area contributed by atoms with Crippen LogP contribution < -0.4 is 0 Å². The number of hydrogen-bond acceptors (Lipinski definition) is 5. The minimum Gasteiger partial charge on any atom is -0.507 e. The number of rotatable bonds is 6. The van der Waals surface area contributed by atoms with Gasteiger partial charge in [0.05, 0.1) is 34.8 Å². The van der Waals surface area contributed by atoms with Gasteiger partial charge in [-0.25, -0.2) is 4.68 Å². The predicted molar refractivity (Wildman–Crippen MR) is 127 cm³/mol. The number of likely N-dealkylation sites (tertiary alicyclic amines) is 1. The van der Waals surface area contributed by atoms with E-state index >= 15 is 0 Å². The lowest BCUT2D eigenvalue weighted by Gasteiger charge is -2.26. The molecule has 1 aliphatic heterocycles. The number of aliphatic hydroxyl groups is 1. The highest BCUT2D eigenvalue weighted by molar-refractivity contribution is 6.46. The van der Waals surface area contributed by atoms with E-state index in [0.717, 1.165) is 16.8 Å². The Morgan fingerprint density at radius 2 is 1.70 bits per heavy atom. The highest BCUT2D eigenvalue weighted by atomic mass is 16.3. The van der Waals surface area contributed by atoms with Crippen molar-refractivity contribution in [1.82, 2.24) is 19.6 Å². The van der Waals surface area contributed by atoms with Gasteiger partial charge >= 0.3 is 0 Å². The van der Waals surface area contributed by atoms with Crippen LogP contribution in [0.3, 0.4) is 0 Å². The molecule has 0 bridgehead atoms. The Hall–Kier alpha value is -3.71. The van der Waals surface area contributed by atoms with Crippen molar-refractivity contribution in [2.75, 3.05) is 27.2 Å². The zero-order chi connectivity index (χ0) is 23.7. The number of para-hydroxylation sites is 1. The van der Waals surface area contributed by atoms with Crippen LogP contribution in [0.1, 0.15) is 28.4 Å². The zero-order valence-corrected chi connectivity index (χ0v) is 19.3. The van der Waals surface area contributed by atoms with Crippen LogP contribution >= 0.6 is 0 Å². The minimum absolute atomic E-state index is 0.0957. The Morgan fingerprint density at radius 1 is 1.03 bits per heavy atom. The first kappa shape index (κ1) is 22.5. The van der Waals surface area contributed by atoms with Crippen LogP contribution in [0, 0.1) is 13.8 Å². The fourth-order valence-electron chi connectivity index (χ4n) is 4.13. The van der Waals surface area contributed by atoms with Crippen molar-refractivity contribution in [1.29, 1.82) is 0 Å². The molecule has 0 aliphatic carbocycles. The van der Waals surface area contributed by atoms with E-state index in [0.29, 0.717) is 24.3 Å². The molecule has 170 valence electrons. The summed E-state index contributed by atoms with van der Waals surface area (Å²) in [5.41, 5.74) is 3.91. The molecular formula is C26H28N4O3. The first-order valence-corrected chi connectivity index (χ1v) is 10.9. The molecule has 1 aromatic heterocycles. The Kier molecular flexibility index (Phi) is 6.16. The molecule has 1 N–H and O–H groups in total. The molecule has 1 saturated heterocycles. The molecule has 0 saturated carbocycles. The average molecular weight is 445 g/mol. The molecule has 3 aromatic rings. The second kappa shape index (κ2) is 9.03. The molecule has 1 fully saturated rings. The Morgan fingerprint density at radius 3 is 2.33 bits per heavy atom. The Labute approximate surface area is 193 Å². The fraction of sp³-hybridized carbons (Fsp3) is 0.269. The number of nitrogens with zero attached hydrogens (tertiary/aromatic N) is 4. The zero-order valence-electron chi connectivity index (χ0n) is 19.3. The second-order valence-electron chi connectivity index (χ2n) is 8.60. The van der Waals surface area contributed by atoms with E-state index in [9.17, 15) is 14.7 Å². The van der Waals surface area contributed by atoms with Gasteiger partial charge in [-0.2, -0.15) is 5.10 Å². The van der Waals surface area contributed by atoms with Crippen molar-refractivity contribution >= 4 is 17.4 Å². The van der Waals surface area contributed by atoms with Crippen LogP contribution in [0.5, 0.6) is 0 Å². The summed E-state index contributed by atoms with van der Waals surface area (Å²) in [6, 6.07) is 16.6. The van der Waals surface area contributed by atoms with Crippen LogP contribution in [0.2, 0.25) is 0 Å². The van der Waals surface area contributed by atoms with Crippen LogP contribution in [0.15, 0.2) is 66.4 Å². The number of carbonyl (C=O) groups is 2. The number of hydrogen-bond donors (Lipinski definition) is 1. The lowest BCUT2D eigenvalue weighted by atomic mass is 9.95. The number of carbonyl (C=O) groups excluding carboxylic acids is 2. The topological polar surface area (TPSA) is 78.7 Å². The smallest absolute Gasteiger partial charge is 0.295 e. The van der Waals surface area contributed by atoms with E-state index in [1.54, 1.807) is 9.58 Å². The lowest BCUT2D eigenvalue weighted by Crippen LogP contribution is -2.35. The van der Waals surface area contributed by atoms with E-state index in [4.69, 9.17) is 0 Å². The van der Waals surface area contributed by atoms with E-state index in [2.05, 4.69) is 5.10 Å². The summed E-state index contributed by atoms with van der Waals surface area (Å²) in [5.74, 6) is -1.48. The summed E-state index contributed by atoms with van der Waals surface area (Å²) in [5, 5.41) is 15.8. The van der Waals surface area contributed by atoms with Gasteiger partial charge in [0.1, 0.15) is 5.76 Å². The van der Waals surface area contributed by atoms with E-state index in [1.807, 2.05) is 87.4 Å². The van der Waals surface area contributed by atoms with Crippen LogP contribution in [-0.4, -0.2) is 63.6 Å².